The molecule has 0 spiro atoms. The number of aromatic carboxylic acids is 1. The maximum absolute atomic E-state index is 13.0. The van der Waals surface area contributed by atoms with Crippen molar-refractivity contribution in [3.63, 3.8) is 0 Å². The molecule has 0 saturated heterocycles. The van der Waals surface area contributed by atoms with Crippen molar-refractivity contribution in [1.82, 2.24) is 0 Å². The van der Waals surface area contributed by atoms with Crippen LogP contribution in [0.2, 0.25) is 10.0 Å². The molecule has 3 aromatic carbocycles. The molecule has 0 radical (unpaired) electrons. The summed E-state index contributed by atoms with van der Waals surface area (Å²) in [4.78, 5) is 28.0. The highest BCUT2D eigenvalue weighted by Gasteiger charge is 2.35. The number of alkyl halides is 3. The smallest absolute Gasteiger partial charge is 0.429 e. The van der Waals surface area contributed by atoms with E-state index in [1.165, 1.54) is 54.6 Å². The minimum absolute atomic E-state index is 0.00890. The van der Waals surface area contributed by atoms with Gasteiger partial charge in [-0.15, -0.1) is 0 Å². The fourth-order valence-corrected chi connectivity index (χ4v) is 3.32. The molecule has 0 fully saturated rings. The highest BCUT2D eigenvalue weighted by atomic mass is 35.5. The van der Waals surface area contributed by atoms with Gasteiger partial charge in [-0.05, 0) is 48.0 Å². The summed E-state index contributed by atoms with van der Waals surface area (Å²) in [6.45, 7) is 0. The Kier molecular flexibility index (Phi) is 7.93. The van der Waals surface area contributed by atoms with Crippen molar-refractivity contribution < 1.29 is 27.9 Å². The number of rotatable bonds is 7. The number of anilines is 1. The number of hydrogen-bond acceptors (Lipinski definition) is 4. The molecule has 180 valence electrons. The third-order valence-electron chi connectivity index (χ3n) is 4.73. The van der Waals surface area contributed by atoms with Crippen LogP contribution in [0.3, 0.4) is 0 Å². The zero-order chi connectivity index (χ0) is 25.8. The van der Waals surface area contributed by atoms with Crippen LogP contribution in [-0.2, 0) is 0 Å². The predicted octanol–water partition coefficient (Wildman–Crippen LogP) is 7.04. The maximum Gasteiger partial charge on any atom is 0.429 e. The van der Waals surface area contributed by atoms with E-state index < -0.39 is 30.2 Å². The number of carboxylic acids is 1. The second kappa shape index (κ2) is 10.7. The molecule has 0 saturated carbocycles. The third kappa shape index (κ3) is 6.68. The van der Waals surface area contributed by atoms with Gasteiger partial charge >= 0.3 is 12.1 Å². The van der Waals surface area contributed by atoms with Gasteiger partial charge < -0.3 is 15.8 Å². The number of benzene rings is 3. The molecule has 0 aliphatic rings. The molecule has 0 atom stereocenters. The number of carbonyl (C=O) groups is 2. The molecule has 6 nitrogen and oxygen atoms in total. The fraction of sp³-hybridized carbons (Fsp3) is 0.0833. The standard InChI is InChI=1S/C24H16Cl2F3N3O3/c25-17-10-9-15(11-16(17)23(34)35)31-22(33)14-7-5-13(6-8-14)20(12-21(30)24(27,28)29)32-19-4-2-1-3-18(19)26/h1-11,30H,12H2,(H,31,33)(H,34,35). The lowest BCUT2D eigenvalue weighted by Crippen LogP contribution is -2.25. The van der Waals surface area contributed by atoms with Gasteiger partial charge in [-0.3, -0.25) is 9.79 Å². The Morgan fingerprint density at radius 1 is 0.943 bits per heavy atom. The summed E-state index contributed by atoms with van der Waals surface area (Å²) in [5.41, 5.74) is -0.886. The number of halogens is 5. The first-order valence-electron chi connectivity index (χ1n) is 9.87. The van der Waals surface area contributed by atoms with Gasteiger partial charge in [-0.25, -0.2) is 4.79 Å². The van der Waals surface area contributed by atoms with Gasteiger partial charge in [-0.2, -0.15) is 13.2 Å². The van der Waals surface area contributed by atoms with E-state index in [0.717, 1.165) is 0 Å². The van der Waals surface area contributed by atoms with Crippen molar-refractivity contribution in [3.05, 3.63) is 93.5 Å². The van der Waals surface area contributed by atoms with E-state index in [4.69, 9.17) is 33.7 Å². The summed E-state index contributed by atoms with van der Waals surface area (Å²) in [7, 11) is 0. The molecule has 0 aliphatic heterocycles. The van der Waals surface area contributed by atoms with Crippen LogP contribution in [0.4, 0.5) is 24.5 Å². The van der Waals surface area contributed by atoms with E-state index in [2.05, 4.69) is 10.3 Å². The largest absolute Gasteiger partial charge is 0.478 e. The van der Waals surface area contributed by atoms with E-state index in [1.807, 2.05) is 0 Å². The van der Waals surface area contributed by atoms with Gasteiger partial charge in [0.2, 0.25) is 0 Å². The zero-order valence-corrected chi connectivity index (χ0v) is 19.2. The van der Waals surface area contributed by atoms with Gasteiger partial charge in [0, 0.05) is 17.7 Å². The average molecular weight is 522 g/mol. The van der Waals surface area contributed by atoms with Crippen LogP contribution < -0.4 is 5.32 Å². The van der Waals surface area contributed by atoms with Crippen LogP contribution in [-0.4, -0.2) is 34.6 Å². The van der Waals surface area contributed by atoms with Crippen LogP contribution in [0.1, 0.15) is 32.7 Å². The molecule has 0 bridgehead atoms. The van der Waals surface area contributed by atoms with E-state index in [-0.39, 0.29) is 43.8 Å². The first-order valence-corrected chi connectivity index (χ1v) is 10.6. The summed E-state index contributed by atoms with van der Waals surface area (Å²) < 4.78 is 39.1. The van der Waals surface area contributed by atoms with E-state index >= 15 is 0 Å². The van der Waals surface area contributed by atoms with E-state index in [0.29, 0.717) is 0 Å². The van der Waals surface area contributed by atoms with Crippen molar-refractivity contribution in [2.24, 2.45) is 4.99 Å². The minimum Gasteiger partial charge on any atom is -0.478 e. The van der Waals surface area contributed by atoms with Crippen molar-refractivity contribution in [1.29, 1.82) is 5.41 Å². The predicted molar refractivity (Wildman–Crippen MR) is 129 cm³/mol. The molecule has 3 N–H and O–H groups in total. The molecular weight excluding hydrogens is 506 g/mol. The molecule has 0 aromatic heterocycles. The second-order valence-electron chi connectivity index (χ2n) is 7.19. The maximum atomic E-state index is 13.0. The first-order chi connectivity index (χ1) is 16.5. The van der Waals surface area contributed by atoms with Crippen molar-refractivity contribution >= 4 is 57.9 Å². The van der Waals surface area contributed by atoms with Gasteiger partial charge in [-0.1, -0.05) is 47.5 Å². The molecule has 0 unspecified atom stereocenters. The third-order valence-corrected chi connectivity index (χ3v) is 5.38. The number of amides is 1. The summed E-state index contributed by atoms with van der Waals surface area (Å²) in [6.07, 6.45) is -5.63. The molecule has 3 aromatic rings. The summed E-state index contributed by atoms with van der Waals surface area (Å²) in [6, 6.07) is 15.8. The molecule has 0 aliphatic carbocycles. The fourth-order valence-electron chi connectivity index (χ4n) is 2.95. The van der Waals surface area contributed by atoms with Gasteiger partial charge in [0.05, 0.1) is 27.0 Å². The van der Waals surface area contributed by atoms with Crippen LogP contribution in [0.5, 0.6) is 0 Å². The first kappa shape index (κ1) is 25.9. The summed E-state index contributed by atoms with van der Waals surface area (Å²) in [5.74, 6) is -1.84. The lowest BCUT2D eigenvalue weighted by Gasteiger charge is -2.12. The number of carboxylic acid groups (broad SMARTS) is 1. The summed E-state index contributed by atoms with van der Waals surface area (Å²) in [5, 5.41) is 19.3. The molecule has 0 heterocycles. The molecule has 1 amide bonds. The van der Waals surface area contributed by atoms with Crippen LogP contribution in [0.15, 0.2) is 71.7 Å². The van der Waals surface area contributed by atoms with E-state index in [9.17, 15) is 22.8 Å². The van der Waals surface area contributed by atoms with Crippen molar-refractivity contribution in [3.8, 4) is 0 Å². The zero-order valence-electron chi connectivity index (χ0n) is 17.7. The monoisotopic (exact) mass is 521 g/mol. The Morgan fingerprint density at radius 2 is 1.57 bits per heavy atom. The quantitative estimate of drug-likeness (QED) is 0.290. The van der Waals surface area contributed by atoms with Crippen LogP contribution in [0.25, 0.3) is 0 Å². The molecule has 3 rings (SSSR count). The highest BCUT2D eigenvalue weighted by molar-refractivity contribution is 6.34. The minimum atomic E-state index is -4.82. The Labute approximate surface area is 207 Å². The average Bonchev–Trinajstić information content (AvgIpc) is 2.80. The number of para-hydroxylation sites is 1. The SMILES string of the molecule is N=C(CC(=Nc1ccccc1Cl)c1ccc(C(=O)Nc2ccc(Cl)c(C(=O)O)c2)cc1)C(F)(F)F. The molecule has 35 heavy (non-hydrogen) atoms. The number of nitrogens with one attached hydrogen (secondary N) is 2. The van der Waals surface area contributed by atoms with Crippen molar-refractivity contribution in [2.75, 3.05) is 5.32 Å². The Morgan fingerprint density at radius 3 is 2.17 bits per heavy atom. The second-order valence-corrected chi connectivity index (χ2v) is 8.01. The Hall–Kier alpha value is -3.69. The number of carbonyl (C=O) groups excluding carboxylic acids is 1. The number of hydrogen-bond donors (Lipinski definition) is 3. The van der Waals surface area contributed by atoms with Crippen LogP contribution in [0, 0.1) is 5.41 Å². The molecular formula is C24H16Cl2F3N3O3. The normalized spacial score (nSPS) is 11.7. The van der Waals surface area contributed by atoms with Gasteiger partial charge in [0.25, 0.3) is 5.91 Å². The lowest BCUT2D eigenvalue weighted by molar-refractivity contribution is -0.0605. The Bertz CT molecular complexity index is 1320. The van der Waals surface area contributed by atoms with E-state index in [1.54, 1.807) is 12.1 Å². The molecule has 11 heteroatoms. The van der Waals surface area contributed by atoms with Crippen molar-refractivity contribution in [2.45, 2.75) is 12.6 Å². The van der Waals surface area contributed by atoms with Gasteiger partial charge in [0.15, 0.2) is 0 Å². The Balaban J connectivity index is 1.88. The summed E-state index contributed by atoms with van der Waals surface area (Å²) >= 11 is 11.9. The topological polar surface area (TPSA) is 103 Å². The number of aliphatic imine (C=N–C) groups is 1. The van der Waals surface area contributed by atoms with Crippen LogP contribution >= 0.6 is 23.2 Å². The van der Waals surface area contributed by atoms with Gasteiger partial charge in [0.1, 0.15) is 5.71 Å². The number of nitrogens with zero attached hydrogens (tertiary/aromatic N) is 1. The lowest BCUT2D eigenvalue weighted by atomic mass is 10.0. The highest BCUT2D eigenvalue weighted by Crippen LogP contribution is 2.27.